The molecule has 3 rings (SSSR count). The Labute approximate surface area is 149 Å². The maximum Gasteiger partial charge on any atom is 0.226 e. The second kappa shape index (κ2) is 8.97. The van der Waals surface area contributed by atoms with Crippen molar-refractivity contribution >= 4 is 0 Å². The number of benzene rings is 1. The van der Waals surface area contributed by atoms with Crippen molar-refractivity contribution in [2.24, 2.45) is 0 Å². The molecule has 1 fully saturated rings. The molecular formula is C19H28N4O2. The van der Waals surface area contributed by atoms with Crippen LogP contribution >= 0.6 is 0 Å². The summed E-state index contributed by atoms with van der Waals surface area (Å²) in [6.07, 6.45) is 3.03. The van der Waals surface area contributed by atoms with Crippen LogP contribution in [0, 0.1) is 0 Å². The van der Waals surface area contributed by atoms with Gasteiger partial charge in [0.2, 0.25) is 5.89 Å². The lowest BCUT2D eigenvalue weighted by Crippen LogP contribution is -2.34. The molecule has 25 heavy (non-hydrogen) atoms. The zero-order valence-corrected chi connectivity index (χ0v) is 15.2. The Bertz CT molecular complexity index is 631. The largest absolute Gasteiger partial charge is 0.494 e. The summed E-state index contributed by atoms with van der Waals surface area (Å²) in [5.74, 6) is 2.46. The van der Waals surface area contributed by atoms with Crippen LogP contribution in [-0.2, 0) is 13.0 Å². The van der Waals surface area contributed by atoms with Crippen LogP contribution in [0.25, 0.3) is 0 Å². The van der Waals surface area contributed by atoms with Crippen LogP contribution in [0.15, 0.2) is 34.9 Å². The first-order chi connectivity index (χ1) is 12.2. The highest BCUT2D eigenvalue weighted by atomic mass is 16.5. The Morgan fingerprint density at radius 3 is 2.92 bits per heavy atom. The molecule has 1 aromatic carbocycles. The van der Waals surface area contributed by atoms with E-state index in [0.29, 0.717) is 6.04 Å². The van der Waals surface area contributed by atoms with Gasteiger partial charge < -0.3 is 14.2 Å². The molecular weight excluding hydrogens is 316 g/mol. The van der Waals surface area contributed by atoms with Gasteiger partial charge in [0.15, 0.2) is 5.82 Å². The number of hydrogen-bond acceptors (Lipinski definition) is 6. The first-order valence-corrected chi connectivity index (χ1v) is 9.16. The highest BCUT2D eigenvalue weighted by molar-refractivity contribution is 5.20. The summed E-state index contributed by atoms with van der Waals surface area (Å²) in [6.45, 7) is 6.87. The van der Waals surface area contributed by atoms with E-state index >= 15 is 0 Å². The summed E-state index contributed by atoms with van der Waals surface area (Å²) in [5.41, 5.74) is 0. The monoisotopic (exact) mass is 344 g/mol. The summed E-state index contributed by atoms with van der Waals surface area (Å²) in [4.78, 5) is 9.25. The molecule has 1 aliphatic heterocycles. The van der Waals surface area contributed by atoms with Crippen LogP contribution in [0.3, 0.4) is 0 Å². The first kappa shape index (κ1) is 17.9. The second-order valence-electron chi connectivity index (χ2n) is 6.63. The molecule has 0 spiro atoms. The lowest BCUT2D eigenvalue weighted by atomic mass is 10.2. The zero-order valence-electron chi connectivity index (χ0n) is 15.2. The third-order valence-corrected chi connectivity index (χ3v) is 4.70. The normalized spacial score (nSPS) is 18.1. The summed E-state index contributed by atoms with van der Waals surface area (Å²) in [7, 11) is 2.15. The number of likely N-dealkylation sites (N-methyl/N-ethyl adjacent to an activating group) is 1. The maximum atomic E-state index is 5.77. The third kappa shape index (κ3) is 5.28. The molecule has 0 saturated carbocycles. The predicted octanol–water partition coefficient (Wildman–Crippen LogP) is 2.61. The molecule has 0 amide bonds. The molecule has 0 N–H and O–H groups in total. The van der Waals surface area contributed by atoms with Crippen molar-refractivity contribution in [3.05, 3.63) is 42.0 Å². The van der Waals surface area contributed by atoms with Crippen LogP contribution in [0.1, 0.15) is 31.5 Å². The number of hydrogen-bond donors (Lipinski definition) is 0. The van der Waals surface area contributed by atoms with Crippen LogP contribution in [0.2, 0.25) is 0 Å². The minimum atomic E-state index is 0.554. The maximum absolute atomic E-state index is 5.77. The quantitative estimate of drug-likeness (QED) is 0.652. The summed E-state index contributed by atoms with van der Waals surface area (Å²) < 4.78 is 11.0. The summed E-state index contributed by atoms with van der Waals surface area (Å²) in [6, 6.07) is 10.6. The van der Waals surface area contributed by atoms with E-state index in [2.05, 4.69) is 27.0 Å². The van der Waals surface area contributed by atoms with E-state index in [9.17, 15) is 0 Å². The van der Waals surface area contributed by atoms with Crippen LogP contribution < -0.4 is 4.74 Å². The Morgan fingerprint density at radius 1 is 1.32 bits per heavy atom. The van der Waals surface area contributed by atoms with E-state index in [-0.39, 0.29) is 0 Å². The first-order valence-electron chi connectivity index (χ1n) is 9.16. The van der Waals surface area contributed by atoms with Gasteiger partial charge in [-0.25, -0.2) is 0 Å². The van der Waals surface area contributed by atoms with Crippen molar-refractivity contribution in [2.45, 2.75) is 38.8 Å². The number of aromatic nitrogens is 2. The van der Waals surface area contributed by atoms with Crippen molar-refractivity contribution < 1.29 is 9.26 Å². The minimum Gasteiger partial charge on any atom is -0.494 e. The van der Waals surface area contributed by atoms with Crippen molar-refractivity contribution in [1.29, 1.82) is 0 Å². The van der Waals surface area contributed by atoms with Crippen molar-refractivity contribution in [1.82, 2.24) is 19.9 Å². The van der Waals surface area contributed by atoms with Gasteiger partial charge in [0.1, 0.15) is 5.75 Å². The van der Waals surface area contributed by atoms with Crippen molar-refractivity contribution in [2.75, 3.05) is 33.3 Å². The highest BCUT2D eigenvalue weighted by Gasteiger charge is 2.26. The van der Waals surface area contributed by atoms with Gasteiger partial charge in [-0.1, -0.05) is 30.3 Å². The summed E-state index contributed by atoms with van der Waals surface area (Å²) in [5, 5.41) is 4.05. The Morgan fingerprint density at radius 2 is 2.16 bits per heavy atom. The SMILES string of the molecule is CCc1nc(CN(C)[C@H]2CCN(CCCOc3ccccc3)C2)no1. The molecule has 136 valence electrons. The van der Waals surface area contributed by atoms with Crippen LogP contribution in [0.4, 0.5) is 0 Å². The third-order valence-electron chi connectivity index (χ3n) is 4.70. The Balaban J connectivity index is 1.35. The van der Waals surface area contributed by atoms with Gasteiger partial charge in [-0.15, -0.1) is 0 Å². The molecule has 1 saturated heterocycles. The number of para-hydroxylation sites is 1. The molecule has 2 aromatic rings. The van der Waals surface area contributed by atoms with Gasteiger partial charge in [-0.3, -0.25) is 4.90 Å². The highest BCUT2D eigenvalue weighted by Crippen LogP contribution is 2.16. The molecule has 6 nitrogen and oxygen atoms in total. The molecule has 0 bridgehead atoms. The van der Waals surface area contributed by atoms with Crippen LogP contribution in [0.5, 0.6) is 5.75 Å². The van der Waals surface area contributed by atoms with Gasteiger partial charge in [-0.05, 0) is 38.6 Å². The molecule has 1 aromatic heterocycles. The number of likely N-dealkylation sites (tertiary alicyclic amines) is 1. The molecule has 0 unspecified atom stereocenters. The molecule has 0 aliphatic carbocycles. The number of nitrogens with zero attached hydrogens (tertiary/aromatic N) is 4. The fourth-order valence-electron chi connectivity index (χ4n) is 3.22. The van der Waals surface area contributed by atoms with Gasteiger partial charge in [-0.2, -0.15) is 4.98 Å². The molecule has 0 radical (unpaired) electrons. The molecule has 1 atom stereocenters. The van der Waals surface area contributed by atoms with Gasteiger partial charge in [0.05, 0.1) is 13.2 Å². The fourth-order valence-corrected chi connectivity index (χ4v) is 3.22. The number of aryl methyl sites for hydroxylation is 1. The number of rotatable bonds is 9. The predicted molar refractivity (Wildman–Crippen MR) is 96.5 cm³/mol. The topological polar surface area (TPSA) is 54.6 Å². The molecule has 6 heteroatoms. The molecule has 1 aliphatic rings. The lowest BCUT2D eigenvalue weighted by molar-refractivity contribution is 0.210. The Kier molecular flexibility index (Phi) is 6.42. The lowest BCUT2D eigenvalue weighted by Gasteiger charge is -2.23. The standard InChI is InChI=1S/C19H28N4O2/c1-3-19-20-18(21-25-19)15-22(2)16-10-12-23(14-16)11-7-13-24-17-8-5-4-6-9-17/h4-6,8-9,16H,3,7,10-15H2,1-2H3/t16-/m0/s1. The van der Waals surface area contributed by atoms with E-state index < -0.39 is 0 Å². The zero-order chi connectivity index (χ0) is 17.5. The second-order valence-corrected chi connectivity index (χ2v) is 6.63. The average molecular weight is 344 g/mol. The summed E-state index contributed by atoms with van der Waals surface area (Å²) >= 11 is 0. The van der Waals surface area contributed by atoms with E-state index in [1.165, 1.54) is 6.42 Å². The van der Waals surface area contributed by atoms with Gasteiger partial charge >= 0.3 is 0 Å². The minimum absolute atomic E-state index is 0.554. The number of ether oxygens (including phenoxy) is 1. The van der Waals surface area contributed by atoms with Crippen molar-refractivity contribution in [3.63, 3.8) is 0 Å². The van der Waals surface area contributed by atoms with Gasteiger partial charge in [0, 0.05) is 25.6 Å². The van der Waals surface area contributed by atoms with E-state index in [1.807, 2.05) is 37.3 Å². The van der Waals surface area contributed by atoms with Gasteiger partial charge in [0.25, 0.3) is 0 Å². The Hall–Kier alpha value is -1.92. The van der Waals surface area contributed by atoms with Crippen LogP contribution in [-0.4, -0.2) is 59.3 Å². The molecule has 2 heterocycles. The van der Waals surface area contributed by atoms with E-state index in [4.69, 9.17) is 9.26 Å². The van der Waals surface area contributed by atoms with Crippen molar-refractivity contribution in [3.8, 4) is 5.75 Å². The van der Waals surface area contributed by atoms with E-state index in [0.717, 1.165) is 63.1 Å². The average Bonchev–Trinajstić information content (AvgIpc) is 3.29. The van der Waals surface area contributed by atoms with E-state index in [1.54, 1.807) is 0 Å². The smallest absolute Gasteiger partial charge is 0.226 e. The fraction of sp³-hybridized carbons (Fsp3) is 0.579.